The van der Waals surface area contributed by atoms with Gasteiger partial charge in [0.1, 0.15) is 19.0 Å². The number of rotatable bonds is 6. The number of nitrogens with zero attached hydrogens (tertiary/aromatic N) is 2. The zero-order valence-corrected chi connectivity index (χ0v) is 22.6. The molecule has 1 atom stereocenters. The van der Waals surface area contributed by atoms with Crippen LogP contribution >= 0.6 is 0 Å². The minimum absolute atomic E-state index is 0.0475. The smallest absolute Gasteiger partial charge is 0.255 e. The van der Waals surface area contributed by atoms with Crippen molar-refractivity contribution in [2.45, 2.75) is 19.5 Å². The van der Waals surface area contributed by atoms with Gasteiger partial charge >= 0.3 is 0 Å². The first-order valence-corrected chi connectivity index (χ1v) is 13.6. The fourth-order valence-electron chi connectivity index (χ4n) is 5.00. The van der Waals surface area contributed by atoms with Gasteiger partial charge in [0, 0.05) is 54.4 Å². The average Bonchev–Trinajstić information content (AvgIpc) is 2.99. The van der Waals surface area contributed by atoms with Gasteiger partial charge < -0.3 is 25.4 Å². The Morgan fingerprint density at radius 3 is 2.59 bits per heavy atom. The second kappa shape index (κ2) is 11.5. The van der Waals surface area contributed by atoms with Gasteiger partial charge in [-0.1, -0.05) is 6.07 Å². The van der Waals surface area contributed by atoms with Crippen molar-refractivity contribution in [1.82, 2.24) is 15.2 Å². The summed E-state index contributed by atoms with van der Waals surface area (Å²) < 4.78 is 25.7. The van der Waals surface area contributed by atoms with E-state index in [-0.39, 0.29) is 5.69 Å². The fraction of sp³-hybridized carbons (Fsp3) is 0.258. The lowest BCUT2D eigenvalue weighted by Crippen LogP contribution is -2.49. The number of fused-ring (bicyclic) bond motifs is 2. The quantitative estimate of drug-likeness (QED) is 0.323. The molecule has 0 radical (unpaired) electrons. The first-order chi connectivity index (χ1) is 19.9. The summed E-state index contributed by atoms with van der Waals surface area (Å²) in [6.45, 7) is 6.72. The van der Waals surface area contributed by atoms with Crippen molar-refractivity contribution in [3.8, 4) is 11.5 Å². The SMILES string of the molecule is C[C@@H]1CNCCN1Cc1ccc2cc(C(=O)Nc3cc(NC(=O)c4ccc5c(c4)OCCO5)ccc3F)ccc2n1. The number of carbonyl (C=O) groups excluding carboxylic acids is 2. The fourth-order valence-corrected chi connectivity index (χ4v) is 5.00. The first-order valence-electron chi connectivity index (χ1n) is 13.6. The van der Waals surface area contributed by atoms with E-state index in [1.54, 1.807) is 36.4 Å². The average molecular weight is 556 g/mol. The molecule has 1 aromatic heterocycles. The lowest BCUT2D eigenvalue weighted by molar-refractivity contribution is 0.101. The standard InChI is InChI=1S/C31H30FN5O4/c1-19-17-33-10-11-37(19)18-24-5-2-20-14-21(3-8-26(20)34-24)31(39)36-27-16-23(6-7-25(27)32)35-30(38)22-4-9-28-29(15-22)41-13-12-40-28/h2-9,14-16,19,33H,10-13,17-18H2,1H3,(H,35,38)(H,36,39)/t19-/m1/s1. The Balaban J connectivity index is 1.14. The number of pyridine rings is 1. The molecule has 2 aliphatic rings. The summed E-state index contributed by atoms with van der Waals surface area (Å²) in [6.07, 6.45) is 0. The molecule has 9 nitrogen and oxygen atoms in total. The summed E-state index contributed by atoms with van der Waals surface area (Å²) >= 11 is 0. The molecule has 0 bridgehead atoms. The number of amides is 2. The van der Waals surface area contributed by atoms with Gasteiger partial charge in [-0.3, -0.25) is 19.5 Å². The highest BCUT2D eigenvalue weighted by atomic mass is 19.1. The van der Waals surface area contributed by atoms with Gasteiger partial charge in [0.05, 0.1) is 16.9 Å². The number of anilines is 2. The van der Waals surface area contributed by atoms with E-state index in [0.29, 0.717) is 47.6 Å². The molecule has 0 unspecified atom stereocenters. The summed E-state index contributed by atoms with van der Waals surface area (Å²) in [5.41, 5.74) is 2.77. The predicted octanol–water partition coefficient (Wildman–Crippen LogP) is 4.44. The molecule has 1 fully saturated rings. The summed E-state index contributed by atoms with van der Waals surface area (Å²) in [6, 6.07) is 18.5. The van der Waals surface area contributed by atoms with E-state index in [1.165, 1.54) is 18.2 Å². The number of benzene rings is 3. The molecule has 1 saturated heterocycles. The van der Waals surface area contributed by atoms with Crippen LogP contribution in [0.1, 0.15) is 33.3 Å². The Kier molecular flexibility index (Phi) is 7.49. The van der Waals surface area contributed by atoms with E-state index in [9.17, 15) is 14.0 Å². The van der Waals surface area contributed by atoms with Crippen LogP contribution in [0.15, 0.2) is 66.7 Å². The molecule has 0 spiro atoms. The third-order valence-electron chi connectivity index (χ3n) is 7.29. The lowest BCUT2D eigenvalue weighted by Gasteiger charge is -2.33. The minimum Gasteiger partial charge on any atom is -0.486 e. The number of hydrogen-bond acceptors (Lipinski definition) is 7. The third-order valence-corrected chi connectivity index (χ3v) is 7.29. The van der Waals surface area contributed by atoms with Gasteiger partial charge in [0.15, 0.2) is 11.5 Å². The summed E-state index contributed by atoms with van der Waals surface area (Å²) in [5.74, 6) is -0.426. The Labute approximate surface area is 236 Å². The van der Waals surface area contributed by atoms with E-state index >= 15 is 0 Å². The Bertz CT molecular complexity index is 1630. The molecule has 41 heavy (non-hydrogen) atoms. The van der Waals surface area contributed by atoms with Gasteiger partial charge in [0.25, 0.3) is 11.8 Å². The van der Waals surface area contributed by atoms with Crippen LogP contribution in [0.25, 0.3) is 10.9 Å². The highest BCUT2D eigenvalue weighted by Crippen LogP contribution is 2.31. The number of hydrogen-bond donors (Lipinski definition) is 3. The van der Waals surface area contributed by atoms with Gasteiger partial charge in [0.2, 0.25) is 0 Å². The largest absolute Gasteiger partial charge is 0.486 e. The van der Waals surface area contributed by atoms with E-state index < -0.39 is 17.6 Å². The summed E-state index contributed by atoms with van der Waals surface area (Å²) in [5, 5.41) is 9.57. The molecule has 0 saturated carbocycles. The molecule has 3 aromatic carbocycles. The molecule has 0 aliphatic carbocycles. The molecular formula is C31H30FN5O4. The van der Waals surface area contributed by atoms with Crippen LogP contribution in [0.4, 0.5) is 15.8 Å². The first kappa shape index (κ1) is 26.7. The van der Waals surface area contributed by atoms with E-state index in [0.717, 1.165) is 42.8 Å². The van der Waals surface area contributed by atoms with Crippen LogP contribution in [-0.4, -0.2) is 60.6 Å². The predicted molar refractivity (Wildman–Crippen MR) is 154 cm³/mol. The lowest BCUT2D eigenvalue weighted by atomic mass is 10.1. The van der Waals surface area contributed by atoms with Gasteiger partial charge in [-0.15, -0.1) is 0 Å². The van der Waals surface area contributed by atoms with Gasteiger partial charge in [-0.2, -0.15) is 0 Å². The topological polar surface area (TPSA) is 105 Å². The maximum absolute atomic E-state index is 14.6. The monoisotopic (exact) mass is 555 g/mol. The van der Waals surface area contributed by atoms with E-state index in [2.05, 4.69) is 27.8 Å². The van der Waals surface area contributed by atoms with E-state index in [4.69, 9.17) is 14.5 Å². The second-order valence-electron chi connectivity index (χ2n) is 10.2. The molecule has 2 aliphatic heterocycles. The molecular weight excluding hydrogens is 525 g/mol. The number of aromatic nitrogens is 1. The minimum atomic E-state index is -0.620. The Morgan fingerprint density at radius 2 is 1.73 bits per heavy atom. The molecule has 10 heteroatoms. The zero-order chi connectivity index (χ0) is 28.3. The van der Waals surface area contributed by atoms with Crippen molar-refractivity contribution in [2.24, 2.45) is 0 Å². The Morgan fingerprint density at radius 1 is 0.951 bits per heavy atom. The molecule has 3 N–H and O–H groups in total. The number of ether oxygens (including phenoxy) is 2. The number of carbonyl (C=O) groups is 2. The van der Waals surface area contributed by atoms with Crippen LogP contribution in [0.3, 0.4) is 0 Å². The molecule has 3 heterocycles. The Hall–Kier alpha value is -4.54. The summed E-state index contributed by atoms with van der Waals surface area (Å²) in [7, 11) is 0. The highest BCUT2D eigenvalue weighted by Gasteiger charge is 2.19. The van der Waals surface area contributed by atoms with Crippen LogP contribution < -0.4 is 25.4 Å². The summed E-state index contributed by atoms with van der Waals surface area (Å²) in [4.78, 5) is 33.0. The number of piperazine rings is 1. The number of halogens is 1. The maximum Gasteiger partial charge on any atom is 0.255 e. The highest BCUT2D eigenvalue weighted by molar-refractivity contribution is 6.07. The van der Waals surface area contributed by atoms with Crippen molar-refractivity contribution in [3.05, 3.63) is 89.4 Å². The molecule has 6 rings (SSSR count). The van der Waals surface area contributed by atoms with Crippen molar-refractivity contribution in [1.29, 1.82) is 0 Å². The van der Waals surface area contributed by atoms with Crippen molar-refractivity contribution in [3.63, 3.8) is 0 Å². The van der Waals surface area contributed by atoms with Crippen LogP contribution in [0, 0.1) is 5.82 Å². The van der Waals surface area contributed by atoms with Gasteiger partial charge in [-0.05, 0) is 67.6 Å². The van der Waals surface area contributed by atoms with Crippen molar-refractivity contribution in [2.75, 3.05) is 43.5 Å². The molecule has 2 amide bonds. The van der Waals surface area contributed by atoms with Crippen LogP contribution in [0.2, 0.25) is 0 Å². The number of nitrogens with one attached hydrogen (secondary N) is 3. The molecule has 210 valence electrons. The van der Waals surface area contributed by atoms with Crippen molar-refractivity contribution >= 4 is 34.1 Å². The van der Waals surface area contributed by atoms with Crippen molar-refractivity contribution < 1.29 is 23.5 Å². The van der Waals surface area contributed by atoms with Crippen LogP contribution in [-0.2, 0) is 6.54 Å². The second-order valence-corrected chi connectivity index (χ2v) is 10.2. The van der Waals surface area contributed by atoms with E-state index in [1.807, 2.05) is 12.1 Å². The van der Waals surface area contributed by atoms with Gasteiger partial charge in [-0.25, -0.2) is 4.39 Å². The third kappa shape index (κ3) is 5.98. The maximum atomic E-state index is 14.6. The molecule has 4 aromatic rings. The normalized spacial score (nSPS) is 16.8. The zero-order valence-electron chi connectivity index (χ0n) is 22.6. The van der Waals surface area contributed by atoms with Crippen LogP contribution in [0.5, 0.6) is 11.5 Å².